The van der Waals surface area contributed by atoms with Crippen LogP contribution in [-0.4, -0.2) is 96.9 Å². The summed E-state index contributed by atoms with van der Waals surface area (Å²) in [7, 11) is 0. The van der Waals surface area contributed by atoms with E-state index in [0.29, 0.717) is 38.1 Å². The molecule has 1 fully saturated rings. The monoisotopic (exact) mass is 742 g/mol. The lowest BCUT2D eigenvalue weighted by Gasteiger charge is -2.41. The normalized spacial score (nSPS) is 18.7. The molecule has 3 aromatic rings. The second-order valence-electron chi connectivity index (χ2n) is 15.0. The Balaban J connectivity index is 1.55. The Morgan fingerprint density at radius 1 is 1.12 bits per heavy atom. The number of β-amino-alcohol motifs (C(OH)–C–C–N with tert-alkyl or cyclic N) is 1. The Morgan fingerprint density at radius 3 is 2.43 bits per heavy atom. The van der Waals surface area contributed by atoms with E-state index < -0.39 is 41.8 Å². The first-order chi connectivity index (χ1) is 24.1. The van der Waals surface area contributed by atoms with E-state index in [1.54, 1.807) is 11.7 Å². The molecule has 4 rings (SSSR count). The first-order valence-electron chi connectivity index (χ1n) is 17.6. The fourth-order valence-electron chi connectivity index (χ4n) is 6.30. The summed E-state index contributed by atoms with van der Waals surface area (Å²) in [4.78, 5) is 53.3. The van der Waals surface area contributed by atoms with Crippen LogP contribution in [0.3, 0.4) is 0 Å². The van der Waals surface area contributed by atoms with E-state index in [4.69, 9.17) is 4.74 Å². The van der Waals surface area contributed by atoms with Gasteiger partial charge in [-0.25, -0.2) is 9.78 Å². The van der Waals surface area contributed by atoms with Gasteiger partial charge in [-0.15, -0.1) is 22.7 Å². The SMILES string of the molecule is CC(C)c1nc(CN(C(=O)O)[C@H](C(=O)N[C@@H](Cc2ccccc2)[C@H](O)CN2CC[C@@H](OCc3cncs3)C[C@H]2C(=O)NC(C)(C)C)C(C)C)cs1. The van der Waals surface area contributed by atoms with Gasteiger partial charge in [0.1, 0.15) is 6.04 Å². The van der Waals surface area contributed by atoms with Crippen molar-refractivity contribution in [2.75, 3.05) is 13.1 Å². The predicted octanol–water partition coefficient (Wildman–Crippen LogP) is 5.28. The number of likely N-dealkylation sites (tertiary alicyclic amines) is 1. The van der Waals surface area contributed by atoms with Crippen LogP contribution in [0.15, 0.2) is 47.4 Å². The van der Waals surface area contributed by atoms with Crippen LogP contribution in [0, 0.1) is 5.92 Å². The number of thiazole rings is 2. The van der Waals surface area contributed by atoms with Crippen LogP contribution >= 0.6 is 22.7 Å². The Kier molecular flexibility index (Phi) is 14.5. The van der Waals surface area contributed by atoms with Crippen molar-refractivity contribution in [3.05, 3.63) is 68.6 Å². The molecule has 2 aromatic heterocycles. The molecule has 0 radical (unpaired) electrons. The van der Waals surface area contributed by atoms with E-state index in [0.717, 1.165) is 20.3 Å². The van der Waals surface area contributed by atoms with Crippen LogP contribution in [0.25, 0.3) is 0 Å². The van der Waals surface area contributed by atoms with Gasteiger partial charge in [0.25, 0.3) is 0 Å². The summed E-state index contributed by atoms with van der Waals surface area (Å²) >= 11 is 2.99. The maximum Gasteiger partial charge on any atom is 0.408 e. The number of amides is 3. The third kappa shape index (κ3) is 12.1. The van der Waals surface area contributed by atoms with E-state index in [1.165, 1.54) is 22.7 Å². The molecular weight excluding hydrogens is 689 g/mol. The quantitative estimate of drug-likeness (QED) is 0.153. The van der Waals surface area contributed by atoms with Crippen molar-refractivity contribution < 1.29 is 29.3 Å². The molecule has 4 N–H and O–H groups in total. The Hall–Kier alpha value is -3.43. The highest BCUT2D eigenvalue weighted by Crippen LogP contribution is 2.25. The van der Waals surface area contributed by atoms with Crippen molar-refractivity contribution in [3.8, 4) is 0 Å². The minimum Gasteiger partial charge on any atom is -0.465 e. The number of ether oxygens (including phenoxy) is 1. The molecule has 0 saturated carbocycles. The summed E-state index contributed by atoms with van der Waals surface area (Å²) in [6.45, 7) is 14.5. The average molecular weight is 743 g/mol. The van der Waals surface area contributed by atoms with Gasteiger partial charge in [0.2, 0.25) is 11.8 Å². The number of carbonyl (C=O) groups excluding carboxylic acids is 2. The molecule has 1 aliphatic rings. The average Bonchev–Trinajstić information content (AvgIpc) is 3.76. The molecule has 0 bridgehead atoms. The summed E-state index contributed by atoms with van der Waals surface area (Å²) in [6, 6.07) is 7.18. The Labute approximate surface area is 309 Å². The number of carbonyl (C=O) groups is 3. The largest absolute Gasteiger partial charge is 0.465 e. The number of aliphatic hydroxyl groups is 1. The molecule has 0 aliphatic carbocycles. The predicted molar refractivity (Wildman–Crippen MR) is 200 cm³/mol. The number of benzene rings is 1. The number of carboxylic acid groups (broad SMARTS) is 1. The van der Waals surface area contributed by atoms with E-state index >= 15 is 0 Å². The molecule has 1 saturated heterocycles. The second-order valence-corrected chi connectivity index (χ2v) is 16.8. The van der Waals surface area contributed by atoms with Gasteiger partial charge in [0.15, 0.2) is 0 Å². The highest BCUT2D eigenvalue weighted by molar-refractivity contribution is 7.09. The number of piperidine rings is 1. The zero-order valence-electron chi connectivity index (χ0n) is 30.7. The molecule has 1 aromatic carbocycles. The Morgan fingerprint density at radius 2 is 1.84 bits per heavy atom. The molecule has 3 heterocycles. The maximum atomic E-state index is 14.1. The van der Waals surface area contributed by atoms with Gasteiger partial charge in [0, 0.05) is 36.1 Å². The molecular formula is C37H54N6O6S2. The van der Waals surface area contributed by atoms with Crippen molar-refractivity contribution in [2.24, 2.45) is 5.92 Å². The first-order valence-corrected chi connectivity index (χ1v) is 19.4. The van der Waals surface area contributed by atoms with Gasteiger partial charge in [-0.2, -0.15) is 0 Å². The van der Waals surface area contributed by atoms with Gasteiger partial charge in [0.05, 0.1) is 58.5 Å². The van der Waals surface area contributed by atoms with Crippen molar-refractivity contribution in [1.82, 2.24) is 30.4 Å². The van der Waals surface area contributed by atoms with Gasteiger partial charge in [-0.3, -0.25) is 24.4 Å². The highest BCUT2D eigenvalue weighted by atomic mass is 32.1. The topological polar surface area (TPSA) is 157 Å². The van der Waals surface area contributed by atoms with Gasteiger partial charge < -0.3 is 25.6 Å². The van der Waals surface area contributed by atoms with Gasteiger partial charge in [-0.1, -0.05) is 58.0 Å². The summed E-state index contributed by atoms with van der Waals surface area (Å²) in [5, 5.41) is 31.1. The van der Waals surface area contributed by atoms with E-state index in [-0.39, 0.29) is 36.9 Å². The summed E-state index contributed by atoms with van der Waals surface area (Å²) in [5.41, 5.74) is 2.79. The van der Waals surface area contributed by atoms with Crippen LogP contribution in [0.4, 0.5) is 4.79 Å². The van der Waals surface area contributed by atoms with Crippen LogP contribution in [0.2, 0.25) is 0 Å². The van der Waals surface area contributed by atoms with E-state index in [9.17, 15) is 24.6 Å². The van der Waals surface area contributed by atoms with Crippen molar-refractivity contribution in [2.45, 2.75) is 123 Å². The van der Waals surface area contributed by atoms with Crippen molar-refractivity contribution in [1.29, 1.82) is 0 Å². The first kappa shape index (κ1) is 40.3. The third-order valence-electron chi connectivity index (χ3n) is 8.80. The van der Waals surface area contributed by atoms with Gasteiger partial charge in [-0.05, 0) is 51.5 Å². The number of nitrogens with zero attached hydrogens (tertiary/aromatic N) is 4. The van der Waals surface area contributed by atoms with Gasteiger partial charge >= 0.3 is 6.09 Å². The maximum absolute atomic E-state index is 14.1. The molecule has 3 amide bonds. The minimum atomic E-state index is -1.23. The molecule has 14 heteroatoms. The zero-order chi connectivity index (χ0) is 37.3. The molecule has 51 heavy (non-hydrogen) atoms. The smallest absolute Gasteiger partial charge is 0.408 e. The molecule has 0 spiro atoms. The van der Waals surface area contributed by atoms with Crippen LogP contribution < -0.4 is 10.6 Å². The fourth-order valence-corrected chi connectivity index (χ4v) is 7.64. The van der Waals surface area contributed by atoms with E-state index in [2.05, 4.69) is 20.6 Å². The summed E-state index contributed by atoms with van der Waals surface area (Å²) in [5.74, 6) is -0.811. The van der Waals surface area contributed by atoms with Crippen LogP contribution in [0.5, 0.6) is 0 Å². The van der Waals surface area contributed by atoms with Crippen LogP contribution in [-0.2, 0) is 33.9 Å². The lowest BCUT2D eigenvalue weighted by Crippen LogP contribution is -2.60. The number of hydrogen-bond acceptors (Lipinski definition) is 10. The molecule has 5 atom stereocenters. The third-order valence-corrected chi connectivity index (χ3v) is 10.7. The lowest BCUT2D eigenvalue weighted by atomic mass is 9.94. The van der Waals surface area contributed by atoms with Crippen LogP contribution in [0.1, 0.15) is 88.4 Å². The number of hydrogen-bond donors (Lipinski definition) is 4. The second kappa shape index (κ2) is 18.4. The highest BCUT2D eigenvalue weighted by Gasteiger charge is 2.39. The van der Waals surface area contributed by atoms with E-state index in [1.807, 2.05) is 89.1 Å². The fraction of sp³-hybridized carbons (Fsp3) is 0.595. The summed E-state index contributed by atoms with van der Waals surface area (Å²) in [6.07, 6.45) is 0.743. The minimum absolute atomic E-state index is 0.0364. The Bertz CT molecular complexity index is 1540. The summed E-state index contributed by atoms with van der Waals surface area (Å²) < 4.78 is 6.20. The number of aromatic nitrogens is 2. The number of nitrogens with one attached hydrogen (secondary N) is 2. The molecule has 12 nitrogen and oxygen atoms in total. The molecule has 280 valence electrons. The zero-order valence-corrected chi connectivity index (χ0v) is 32.4. The molecule has 1 aliphatic heterocycles. The number of rotatable bonds is 16. The lowest BCUT2D eigenvalue weighted by molar-refractivity contribution is -0.134. The van der Waals surface area contributed by atoms with Crippen molar-refractivity contribution >= 4 is 40.6 Å². The number of aliphatic hydroxyl groups excluding tert-OH is 1. The molecule has 0 unspecified atom stereocenters. The van der Waals surface area contributed by atoms with Crippen molar-refractivity contribution in [3.63, 3.8) is 0 Å². The standard InChI is InChI=1S/C37H54N6O6S2/c1-23(2)32(43(36(47)48)18-26-21-50-35(39-26)24(3)4)34(46)40-29(15-25-11-9-8-10-12-25)31(44)19-42-14-13-27(49-20-28-17-38-22-51-28)16-30(42)33(45)41-37(5,6)7/h8-12,17,21-24,27,29-32,44H,13-16,18-20H2,1-7H3,(H,40,46)(H,41,45)(H,47,48)/t27-,29+,30+,31-,32+/m1/s1.